The molecule has 32 heavy (non-hydrogen) atoms. The van der Waals surface area contributed by atoms with Crippen molar-refractivity contribution < 1.29 is 14.3 Å². The standard InChI is InChI=1S/C24H31N5O3/c1-17-7-8-22(18(2)15-17)27-24(25-9-10-29-11-13-32-14-12-29)28-23(31)20-5-4-6-21(16-20)26-19(3)30/h4-8,15-16H,9-14H2,1-3H3,(H,26,30)(H2,25,27,28,31). The highest BCUT2D eigenvalue weighted by Gasteiger charge is 2.13. The van der Waals surface area contributed by atoms with Gasteiger partial charge in [-0.1, -0.05) is 23.8 Å². The molecule has 0 radical (unpaired) electrons. The van der Waals surface area contributed by atoms with Gasteiger partial charge in [0.05, 0.1) is 19.8 Å². The van der Waals surface area contributed by atoms with Gasteiger partial charge in [-0.15, -0.1) is 0 Å². The molecule has 0 atom stereocenters. The molecule has 2 aromatic rings. The van der Waals surface area contributed by atoms with E-state index in [1.54, 1.807) is 24.3 Å². The summed E-state index contributed by atoms with van der Waals surface area (Å²) in [6.07, 6.45) is 0. The van der Waals surface area contributed by atoms with E-state index in [1.165, 1.54) is 6.92 Å². The average Bonchev–Trinajstić information content (AvgIpc) is 2.76. The molecule has 3 rings (SSSR count). The molecule has 8 nitrogen and oxygen atoms in total. The van der Waals surface area contributed by atoms with E-state index in [0.717, 1.165) is 49.7 Å². The van der Waals surface area contributed by atoms with Gasteiger partial charge in [-0.05, 0) is 43.7 Å². The van der Waals surface area contributed by atoms with Crippen LogP contribution in [-0.2, 0) is 9.53 Å². The summed E-state index contributed by atoms with van der Waals surface area (Å²) in [5, 5.41) is 8.85. The van der Waals surface area contributed by atoms with Crippen LogP contribution < -0.4 is 16.0 Å². The lowest BCUT2D eigenvalue weighted by molar-refractivity contribution is -0.114. The van der Waals surface area contributed by atoms with Gasteiger partial charge in [-0.2, -0.15) is 0 Å². The number of aliphatic imine (C=N–C) groups is 1. The van der Waals surface area contributed by atoms with Crippen LogP contribution in [0.5, 0.6) is 0 Å². The van der Waals surface area contributed by atoms with Gasteiger partial charge in [0.25, 0.3) is 5.91 Å². The number of carbonyl (C=O) groups is 2. The Bertz CT molecular complexity index is 983. The molecule has 1 aliphatic rings. The Kier molecular flexibility index (Phi) is 8.35. The van der Waals surface area contributed by atoms with Crippen LogP contribution in [0.4, 0.5) is 11.4 Å². The number of morpholine rings is 1. The summed E-state index contributed by atoms with van der Waals surface area (Å²) < 4.78 is 5.39. The molecule has 1 saturated heterocycles. The molecule has 0 bridgehead atoms. The van der Waals surface area contributed by atoms with Crippen LogP contribution in [0, 0.1) is 13.8 Å². The lowest BCUT2D eigenvalue weighted by Gasteiger charge is -2.25. The number of rotatable bonds is 6. The number of carbonyl (C=O) groups excluding carboxylic acids is 2. The monoisotopic (exact) mass is 437 g/mol. The van der Waals surface area contributed by atoms with Crippen molar-refractivity contribution in [3.05, 3.63) is 59.2 Å². The minimum atomic E-state index is -0.306. The van der Waals surface area contributed by atoms with Crippen molar-refractivity contribution in [1.29, 1.82) is 0 Å². The molecule has 0 aliphatic carbocycles. The highest BCUT2D eigenvalue weighted by Crippen LogP contribution is 2.16. The fourth-order valence-corrected chi connectivity index (χ4v) is 3.44. The van der Waals surface area contributed by atoms with E-state index >= 15 is 0 Å². The van der Waals surface area contributed by atoms with Gasteiger partial charge in [0.15, 0.2) is 0 Å². The Morgan fingerprint density at radius 2 is 1.84 bits per heavy atom. The van der Waals surface area contributed by atoms with Crippen LogP contribution in [0.2, 0.25) is 0 Å². The molecule has 1 heterocycles. The van der Waals surface area contributed by atoms with E-state index in [1.807, 2.05) is 26.0 Å². The van der Waals surface area contributed by atoms with Gasteiger partial charge < -0.3 is 15.4 Å². The number of nitrogens with one attached hydrogen (secondary N) is 3. The van der Waals surface area contributed by atoms with E-state index in [2.05, 4.69) is 31.9 Å². The van der Waals surface area contributed by atoms with Crippen LogP contribution >= 0.6 is 0 Å². The van der Waals surface area contributed by atoms with Crippen LogP contribution in [0.25, 0.3) is 0 Å². The van der Waals surface area contributed by atoms with Crippen molar-refractivity contribution in [1.82, 2.24) is 10.2 Å². The van der Waals surface area contributed by atoms with Gasteiger partial charge in [0.1, 0.15) is 0 Å². The Morgan fingerprint density at radius 1 is 1.06 bits per heavy atom. The molecule has 0 saturated carbocycles. The molecule has 0 spiro atoms. The fourth-order valence-electron chi connectivity index (χ4n) is 3.44. The molecule has 2 aromatic carbocycles. The molecule has 2 amide bonds. The lowest BCUT2D eigenvalue weighted by Crippen LogP contribution is -2.39. The maximum atomic E-state index is 12.9. The quantitative estimate of drug-likeness (QED) is 0.477. The van der Waals surface area contributed by atoms with Crippen molar-refractivity contribution in [3.8, 4) is 0 Å². The Balaban J connectivity index is 1.73. The van der Waals surface area contributed by atoms with E-state index in [9.17, 15) is 9.59 Å². The lowest BCUT2D eigenvalue weighted by atomic mass is 10.1. The zero-order valence-corrected chi connectivity index (χ0v) is 18.9. The number of benzene rings is 2. The second-order valence-electron chi connectivity index (χ2n) is 7.84. The van der Waals surface area contributed by atoms with Crippen molar-refractivity contribution in [3.63, 3.8) is 0 Å². The predicted molar refractivity (Wildman–Crippen MR) is 127 cm³/mol. The summed E-state index contributed by atoms with van der Waals surface area (Å²) in [7, 11) is 0. The third-order valence-corrected chi connectivity index (χ3v) is 5.10. The van der Waals surface area contributed by atoms with Crippen molar-refractivity contribution in [2.75, 3.05) is 50.0 Å². The molecular formula is C24H31N5O3. The number of hydrogen-bond donors (Lipinski definition) is 3. The minimum Gasteiger partial charge on any atom is -0.379 e. The average molecular weight is 438 g/mol. The zero-order valence-electron chi connectivity index (χ0n) is 18.9. The number of anilines is 2. The number of guanidine groups is 1. The molecule has 1 fully saturated rings. The summed E-state index contributed by atoms with van der Waals surface area (Å²) in [5.74, 6) is -0.107. The van der Waals surface area contributed by atoms with E-state index in [0.29, 0.717) is 23.8 Å². The first-order valence-electron chi connectivity index (χ1n) is 10.8. The second kappa shape index (κ2) is 11.4. The number of nitrogens with zero attached hydrogens (tertiary/aromatic N) is 2. The number of amides is 2. The highest BCUT2D eigenvalue weighted by molar-refractivity contribution is 6.10. The topological polar surface area (TPSA) is 95.1 Å². The maximum absolute atomic E-state index is 12.9. The van der Waals surface area contributed by atoms with Crippen molar-refractivity contribution >= 4 is 29.1 Å². The van der Waals surface area contributed by atoms with Gasteiger partial charge in [-0.3, -0.25) is 24.8 Å². The number of hydrogen-bond acceptors (Lipinski definition) is 5. The number of aryl methyl sites for hydroxylation is 2. The van der Waals surface area contributed by atoms with E-state index < -0.39 is 0 Å². The number of ether oxygens (including phenoxy) is 1. The molecule has 3 N–H and O–H groups in total. The molecule has 0 unspecified atom stereocenters. The van der Waals surface area contributed by atoms with Crippen LogP contribution in [0.1, 0.15) is 28.4 Å². The first kappa shape index (κ1) is 23.4. The third-order valence-electron chi connectivity index (χ3n) is 5.10. The summed E-state index contributed by atoms with van der Waals surface area (Å²) in [5.41, 5.74) is 4.11. The summed E-state index contributed by atoms with van der Waals surface area (Å²) >= 11 is 0. The van der Waals surface area contributed by atoms with Gasteiger partial charge in [-0.25, -0.2) is 0 Å². The van der Waals surface area contributed by atoms with Crippen molar-refractivity contribution in [2.24, 2.45) is 4.99 Å². The summed E-state index contributed by atoms with van der Waals surface area (Å²) in [4.78, 5) is 31.2. The third kappa shape index (κ3) is 7.18. The Labute approximate surface area is 189 Å². The molecule has 1 aliphatic heterocycles. The second-order valence-corrected chi connectivity index (χ2v) is 7.84. The predicted octanol–water partition coefficient (Wildman–Crippen LogP) is 2.79. The molecule has 0 aromatic heterocycles. The van der Waals surface area contributed by atoms with Crippen LogP contribution in [0.3, 0.4) is 0 Å². The smallest absolute Gasteiger partial charge is 0.258 e. The van der Waals surface area contributed by atoms with Gasteiger partial charge in [0, 0.05) is 43.5 Å². The van der Waals surface area contributed by atoms with E-state index in [-0.39, 0.29) is 11.8 Å². The van der Waals surface area contributed by atoms with Crippen molar-refractivity contribution in [2.45, 2.75) is 20.8 Å². The molecular weight excluding hydrogens is 406 g/mol. The SMILES string of the molecule is CC(=O)Nc1cccc(C(=O)NC(=NCCN2CCOCC2)Nc2ccc(C)cc2C)c1. The summed E-state index contributed by atoms with van der Waals surface area (Å²) in [6, 6.07) is 12.9. The first-order chi connectivity index (χ1) is 15.4. The summed E-state index contributed by atoms with van der Waals surface area (Å²) in [6.45, 7) is 10.1. The van der Waals surface area contributed by atoms with Gasteiger partial charge in [0.2, 0.25) is 11.9 Å². The Hall–Kier alpha value is -3.23. The molecule has 170 valence electrons. The van der Waals surface area contributed by atoms with Gasteiger partial charge >= 0.3 is 0 Å². The first-order valence-corrected chi connectivity index (χ1v) is 10.8. The normalized spacial score (nSPS) is 14.7. The Morgan fingerprint density at radius 3 is 2.56 bits per heavy atom. The van der Waals surface area contributed by atoms with Crippen LogP contribution in [0.15, 0.2) is 47.5 Å². The van der Waals surface area contributed by atoms with Crippen LogP contribution in [-0.4, -0.2) is 62.1 Å². The van der Waals surface area contributed by atoms with E-state index in [4.69, 9.17) is 4.74 Å². The zero-order chi connectivity index (χ0) is 22.9. The maximum Gasteiger partial charge on any atom is 0.258 e. The highest BCUT2D eigenvalue weighted by atomic mass is 16.5. The largest absolute Gasteiger partial charge is 0.379 e. The minimum absolute atomic E-state index is 0.190. The fraction of sp³-hybridized carbons (Fsp3) is 0.375. The molecule has 8 heteroatoms.